The minimum absolute atomic E-state index is 0.0397. The Hall–Kier alpha value is -2.46. The fourth-order valence-electron chi connectivity index (χ4n) is 3.59. The Kier molecular flexibility index (Phi) is 3.78. The van der Waals surface area contributed by atoms with Crippen molar-refractivity contribution in [2.75, 3.05) is 36.9 Å². The highest BCUT2D eigenvalue weighted by Gasteiger charge is 2.67. The zero-order chi connectivity index (χ0) is 16.6. The molecule has 2 fully saturated rings. The number of aromatic amines is 1. The van der Waals surface area contributed by atoms with Crippen molar-refractivity contribution < 1.29 is 20.1 Å². The van der Waals surface area contributed by atoms with Gasteiger partial charge in [0.25, 0.3) is 6.47 Å². The number of aromatic nitrogens is 4. The van der Waals surface area contributed by atoms with Gasteiger partial charge < -0.3 is 30.9 Å². The van der Waals surface area contributed by atoms with Crippen LogP contribution in [0.3, 0.4) is 0 Å². The van der Waals surface area contributed by atoms with E-state index in [1.165, 1.54) is 0 Å². The molecular formula is C13H18N6O4. The van der Waals surface area contributed by atoms with Crippen LogP contribution >= 0.6 is 0 Å². The van der Waals surface area contributed by atoms with E-state index in [4.69, 9.17) is 15.6 Å². The van der Waals surface area contributed by atoms with E-state index in [-0.39, 0.29) is 31.0 Å². The van der Waals surface area contributed by atoms with Gasteiger partial charge in [0.1, 0.15) is 5.52 Å². The van der Waals surface area contributed by atoms with Crippen molar-refractivity contribution in [1.29, 1.82) is 0 Å². The Bertz CT molecular complexity index is 702. The van der Waals surface area contributed by atoms with Crippen molar-refractivity contribution in [2.45, 2.75) is 0 Å². The first-order chi connectivity index (χ1) is 11.1. The molecule has 1 saturated heterocycles. The van der Waals surface area contributed by atoms with Gasteiger partial charge >= 0.3 is 0 Å². The summed E-state index contributed by atoms with van der Waals surface area (Å²) in [5.74, 6) is 1.58. The number of carboxylic acid groups (broad SMARTS) is 1. The lowest BCUT2D eigenvalue weighted by Crippen LogP contribution is -2.32. The molecule has 0 spiro atoms. The number of aliphatic hydroxyl groups excluding tert-OH is 2. The Balaban J connectivity index is 0.000000485. The number of aliphatic hydroxyl groups is 2. The van der Waals surface area contributed by atoms with Crippen LogP contribution in [0.15, 0.2) is 6.33 Å². The third kappa shape index (κ3) is 2.26. The SMILES string of the molecule is Nc1nc(N2CC3C(C2)C3(CO)CO)c2[nH]cnc2n1.O=CO. The van der Waals surface area contributed by atoms with Gasteiger partial charge in [-0.2, -0.15) is 9.97 Å². The number of hydrogen-bond donors (Lipinski definition) is 5. The second-order valence-corrected chi connectivity index (χ2v) is 5.78. The van der Waals surface area contributed by atoms with Gasteiger partial charge in [-0.25, -0.2) is 4.98 Å². The van der Waals surface area contributed by atoms with Crippen molar-refractivity contribution in [1.82, 2.24) is 19.9 Å². The molecule has 0 aromatic carbocycles. The molecule has 2 aliphatic rings. The van der Waals surface area contributed by atoms with Gasteiger partial charge in [-0.05, 0) is 11.8 Å². The summed E-state index contributed by atoms with van der Waals surface area (Å²) < 4.78 is 0. The number of H-pyrrole nitrogens is 1. The monoisotopic (exact) mass is 322 g/mol. The summed E-state index contributed by atoms with van der Waals surface area (Å²) in [5, 5.41) is 25.8. The first-order valence-electron chi connectivity index (χ1n) is 7.12. The third-order valence-corrected chi connectivity index (χ3v) is 4.86. The molecule has 23 heavy (non-hydrogen) atoms. The Labute approximate surface area is 131 Å². The van der Waals surface area contributed by atoms with E-state index in [1.54, 1.807) is 6.33 Å². The normalized spacial score (nSPS) is 24.0. The molecule has 0 bridgehead atoms. The van der Waals surface area contributed by atoms with Crippen LogP contribution in [0.5, 0.6) is 0 Å². The number of hydrogen-bond acceptors (Lipinski definition) is 8. The standard InChI is InChI=1S/C12H16N6O2.CH2O2/c13-11-16-9-8(14-5-15-9)10(17-11)18-1-6-7(2-18)12(6,3-19)4-20;2-1-3/h5-7,19-20H,1-4H2,(H3,13,14,15,16,17);1H,(H,2,3). The van der Waals surface area contributed by atoms with E-state index < -0.39 is 0 Å². The molecule has 124 valence electrons. The molecule has 0 radical (unpaired) electrons. The molecule has 1 saturated carbocycles. The molecule has 2 unspecified atom stereocenters. The highest BCUT2D eigenvalue weighted by Crippen LogP contribution is 2.62. The molecule has 4 rings (SSSR count). The summed E-state index contributed by atoms with van der Waals surface area (Å²) in [6.07, 6.45) is 1.57. The van der Waals surface area contributed by atoms with Crippen LogP contribution < -0.4 is 10.6 Å². The predicted molar refractivity (Wildman–Crippen MR) is 80.6 cm³/mol. The topological polar surface area (TPSA) is 161 Å². The van der Waals surface area contributed by atoms with Gasteiger partial charge in [-0.1, -0.05) is 0 Å². The molecule has 1 aliphatic carbocycles. The molecule has 2 aromatic rings. The maximum absolute atomic E-state index is 9.46. The molecule has 10 nitrogen and oxygen atoms in total. The Morgan fingerprint density at radius 1 is 1.35 bits per heavy atom. The van der Waals surface area contributed by atoms with Crippen molar-refractivity contribution in [3.05, 3.63) is 6.33 Å². The van der Waals surface area contributed by atoms with E-state index in [1.807, 2.05) is 0 Å². The number of imidazole rings is 1. The summed E-state index contributed by atoms with van der Waals surface area (Å²) in [6, 6.07) is 0. The largest absolute Gasteiger partial charge is 0.483 e. The lowest BCUT2D eigenvalue weighted by atomic mass is 10.0. The van der Waals surface area contributed by atoms with Gasteiger partial charge in [0.05, 0.1) is 19.5 Å². The smallest absolute Gasteiger partial charge is 0.290 e. The highest BCUT2D eigenvalue weighted by atomic mass is 16.3. The number of carbonyl (C=O) groups is 1. The van der Waals surface area contributed by atoms with Crippen LogP contribution in [-0.2, 0) is 4.79 Å². The first-order valence-corrected chi connectivity index (χ1v) is 7.12. The second kappa shape index (κ2) is 5.63. The number of nitrogens with two attached hydrogens (primary N) is 1. The highest BCUT2D eigenvalue weighted by molar-refractivity contribution is 5.84. The van der Waals surface area contributed by atoms with Crippen molar-refractivity contribution in [3.63, 3.8) is 0 Å². The average molecular weight is 322 g/mol. The molecule has 0 amide bonds. The zero-order valence-corrected chi connectivity index (χ0v) is 12.3. The fraction of sp³-hybridized carbons (Fsp3) is 0.538. The third-order valence-electron chi connectivity index (χ3n) is 4.86. The van der Waals surface area contributed by atoms with Gasteiger partial charge in [-0.15, -0.1) is 0 Å². The fourth-order valence-corrected chi connectivity index (χ4v) is 3.59. The second-order valence-electron chi connectivity index (χ2n) is 5.78. The number of nitrogen functional groups attached to an aromatic ring is 1. The van der Waals surface area contributed by atoms with Crippen LogP contribution in [0.1, 0.15) is 0 Å². The zero-order valence-electron chi connectivity index (χ0n) is 12.3. The number of nitrogens with zero attached hydrogens (tertiary/aromatic N) is 4. The molecule has 2 aromatic heterocycles. The molecule has 2 atom stereocenters. The summed E-state index contributed by atoms with van der Waals surface area (Å²) in [4.78, 5) is 26.0. The van der Waals surface area contributed by atoms with Gasteiger partial charge in [0, 0.05) is 18.5 Å². The van der Waals surface area contributed by atoms with Crippen LogP contribution in [0.4, 0.5) is 11.8 Å². The van der Waals surface area contributed by atoms with Crippen LogP contribution in [0.25, 0.3) is 11.2 Å². The van der Waals surface area contributed by atoms with Crippen molar-refractivity contribution in [3.8, 4) is 0 Å². The lowest BCUT2D eigenvalue weighted by molar-refractivity contribution is -0.122. The number of fused-ring (bicyclic) bond motifs is 2. The van der Waals surface area contributed by atoms with Gasteiger partial charge in [-0.3, -0.25) is 4.79 Å². The Morgan fingerprint density at radius 2 is 1.96 bits per heavy atom. The summed E-state index contributed by atoms with van der Waals surface area (Å²) in [7, 11) is 0. The van der Waals surface area contributed by atoms with E-state index in [9.17, 15) is 10.2 Å². The lowest BCUT2D eigenvalue weighted by Gasteiger charge is -2.25. The maximum Gasteiger partial charge on any atom is 0.290 e. The molecule has 6 N–H and O–H groups in total. The van der Waals surface area contributed by atoms with Crippen molar-refractivity contribution in [2.24, 2.45) is 17.3 Å². The number of nitrogens with one attached hydrogen (secondary N) is 1. The van der Waals surface area contributed by atoms with Crippen LogP contribution in [0.2, 0.25) is 0 Å². The first kappa shape index (κ1) is 15.4. The predicted octanol–water partition coefficient (Wildman–Crippen LogP) is -1.33. The minimum Gasteiger partial charge on any atom is -0.483 e. The summed E-state index contributed by atoms with van der Waals surface area (Å²) in [6.45, 7) is 1.35. The summed E-state index contributed by atoms with van der Waals surface area (Å²) >= 11 is 0. The van der Waals surface area contributed by atoms with E-state index in [0.717, 1.165) is 24.4 Å². The quantitative estimate of drug-likeness (QED) is 0.431. The van der Waals surface area contributed by atoms with Crippen molar-refractivity contribution >= 4 is 29.4 Å². The van der Waals surface area contributed by atoms with Gasteiger partial charge in [0.15, 0.2) is 11.5 Å². The average Bonchev–Trinajstić information content (AvgIpc) is 2.94. The van der Waals surface area contributed by atoms with E-state index in [2.05, 4.69) is 24.8 Å². The molecule has 10 heteroatoms. The van der Waals surface area contributed by atoms with Crippen LogP contribution in [-0.4, -0.2) is 68.0 Å². The molecule has 1 aliphatic heterocycles. The van der Waals surface area contributed by atoms with Crippen LogP contribution in [0, 0.1) is 17.3 Å². The molecule has 3 heterocycles. The van der Waals surface area contributed by atoms with E-state index in [0.29, 0.717) is 17.5 Å². The van der Waals surface area contributed by atoms with E-state index >= 15 is 0 Å². The maximum atomic E-state index is 9.46. The molecular weight excluding hydrogens is 304 g/mol. The van der Waals surface area contributed by atoms with Gasteiger partial charge in [0.2, 0.25) is 5.95 Å². The number of anilines is 2. The number of rotatable bonds is 3. The summed E-state index contributed by atoms with van der Waals surface area (Å²) in [5.41, 5.74) is 6.75. The Morgan fingerprint density at radius 3 is 2.52 bits per heavy atom. The number of piperidine rings is 1. The minimum atomic E-state index is -0.303.